The average Bonchev–Trinajstić information content (AvgIpc) is 2.31. The Bertz CT molecular complexity index is 376. The molecule has 0 saturated heterocycles. The number of hydrogen-bond donors (Lipinski definition) is 0. The topological polar surface area (TPSA) is 27.7 Å². The molecule has 0 unspecified atom stereocenters. The predicted octanol–water partition coefficient (Wildman–Crippen LogP) is 3.92. The van der Waals surface area contributed by atoms with Gasteiger partial charge in [0, 0.05) is 0 Å². The van der Waals surface area contributed by atoms with Crippen LogP contribution < -0.4 is 0 Å². The average molecular weight is 216 g/mol. The summed E-state index contributed by atoms with van der Waals surface area (Å²) < 4.78 is 5.37. The molecule has 0 saturated carbocycles. The van der Waals surface area contributed by atoms with E-state index in [0.29, 0.717) is 6.61 Å². The van der Waals surface area contributed by atoms with E-state index in [1.165, 1.54) is 0 Å². The van der Waals surface area contributed by atoms with Crippen molar-refractivity contribution < 1.29 is 4.74 Å². The van der Waals surface area contributed by atoms with Gasteiger partial charge in [-0.1, -0.05) is 53.1 Å². The molecule has 0 aliphatic carbocycles. The van der Waals surface area contributed by atoms with Gasteiger partial charge >= 0.3 is 6.07 Å². The normalized spacial score (nSPS) is 11.9. The first-order valence-electron chi connectivity index (χ1n) is 5.27. The van der Waals surface area contributed by atoms with Gasteiger partial charge in [-0.15, -0.1) is 0 Å². The summed E-state index contributed by atoms with van der Waals surface area (Å²) in [6, 6.07) is 12.3. The minimum Gasteiger partial charge on any atom is -0.355 e. The highest BCUT2D eigenvalue weighted by Crippen LogP contribution is 2.16. The summed E-state index contributed by atoms with van der Waals surface area (Å²) in [7, 11) is 0. The van der Waals surface area contributed by atoms with Crippen LogP contribution in [0.25, 0.3) is 10.4 Å². The highest BCUT2D eigenvalue weighted by Gasteiger charge is 2.00. The van der Waals surface area contributed by atoms with Crippen LogP contribution in [0.5, 0.6) is 0 Å². The van der Waals surface area contributed by atoms with Gasteiger partial charge in [0.15, 0.2) is 6.10 Å². The van der Waals surface area contributed by atoms with Crippen LogP contribution in [0.4, 0.5) is 5.69 Å². The molecule has 0 radical (unpaired) electrons. The van der Waals surface area contributed by atoms with E-state index in [1.54, 1.807) is 0 Å². The molecular weight excluding hydrogens is 200 g/mol. The van der Waals surface area contributed by atoms with Crippen molar-refractivity contribution in [3.8, 4) is 6.07 Å². The summed E-state index contributed by atoms with van der Waals surface area (Å²) in [5, 5.41) is 0. The molecule has 0 N–H and O–H groups in total. The van der Waals surface area contributed by atoms with E-state index in [4.69, 9.17) is 4.74 Å². The smallest absolute Gasteiger partial charge is 0.303 e. The molecule has 84 valence electrons. The first kappa shape index (κ1) is 12.3. The minimum atomic E-state index is -0.149. The lowest BCUT2D eigenvalue weighted by atomic mass is 10.3. The van der Waals surface area contributed by atoms with Gasteiger partial charge in [-0.05, 0) is 13.8 Å². The second kappa shape index (κ2) is 7.49. The zero-order valence-electron chi connectivity index (χ0n) is 9.63. The lowest BCUT2D eigenvalue weighted by Gasteiger charge is -2.00. The lowest BCUT2D eigenvalue weighted by Crippen LogP contribution is -2.04. The Balaban J connectivity index is 2.32. The van der Waals surface area contributed by atoms with Crippen molar-refractivity contribution in [2.75, 3.05) is 6.61 Å². The third-order valence-corrected chi connectivity index (χ3v) is 1.84. The molecule has 0 aromatic heterocycles. The van der Waals surface area contributed by atoms with Crippen molar-refractivity contribution in [2.45, 2.75) is 20.0 Å². The number of hydrogen-bond acceptors (Lipinski definition) is 1. The van der Waals surface area contributed by atoms with E-state index in [2.05, 4.69) is 16.4 Å². The van der Waals surface area contributed by atoms with Crippen molar-refractivity contribution in [1.29, 1.82) is 0 Å². The maximum Gasteiger partial charge on any atom is 0.303 e. The molecule has 1 aromatic rings. The summed E-state index contributed by atoms with van der Waals surface area (Å²) in [6.45, 7) is 4.41. The third-order valence-electron chi connectivity index (χ3n) is 1.84. The molecular formula is C13H16N2O. The van der Waals surface area contributed by atoms with E-state index >= 15 is 0 Å². The van der Waals surface area contributed by atoms with Crippen LogP contribution in [0.3, 0.4) is 0 Å². The number of rotatable bonds is 4. The van der Waals surface area contributed by atoms with E-state index < -0.39 is 0 Å². The van der Waals surface area contributed by atoms with Crippen LogP contribution in [0.15, 0.2) is 42.5 Å². The minimum absolute atomic E-state index is 0.149. The molecule has 0 spiro atoms. The summed E-state index contributed by atoms with van der Waals surface area (Å²) in [6.07, 6.45) is 3.73. The van der Waals surface area contributed by atoms with E-state index in [0.717, 1.165) is 5.69 Å². The quantitative estimate of drug-likeness (QED) is 0.553. The molecule has 1 rings (SSSR count). The molecule has 0 heterocycles. The van der Waals surface area contributed by atoms with E-state index in [1.807, 2.05) is 56.3 Å². The molecule has 0 amide bonds. The predicted molar refractivity (Wildman–Crippen MR) is 66.9 cm³/mol. The van der Waals surface area contributed by atoms with Gasteiger partial charge < -0.3 is 4.74 Å². The van der Waals surface area contributed by atoms with Gasteiger partial charge in [0.25, 0.3) is 0 Å². The highest BCUT2D eigenvalue weighted by molar-refractivity contribution is 5.49. The fourth-order valence-corrected chi connectivity index (χ4v) is 0.996. The number of benzene rings is 1. The monoisotopic (exact) mass is 216 g/mol. The second-order valence-electron chi connectivity index (χ2n) is 3.21. The maximum absolute atomic E-state index is 5.37. The largest absolute Gasteiger partial charge is 0.355 e. The van der Waals surface area contributed by atoms with E-state index in [9.17, 15) is 0 Å². The standard InChI is InChI=1S/C13H16N2O/c1-3-4-10-16-12(2)11-14-15-13-8-6-5-7-9-13/h3-9,12H,10H2,1-2H3/b4-3+/t12-/m0/s1. The van der Waals surface area contributed by atoms with Gasteiger partial charge in [-0.2, -0.15) is 0 Å². The molecule has 0 aliphatic rings. The summed E-state index contributed by atoms with van der Waals surface area (Å²) in [4.78, 5) is 3.85. The SMILES string of the molecule is C/C=C/CO[C@@H](C)C#[N+][N-]c1ccccc1. The summed E-state index contributed by atoms with van der Waals surface area (Å²) >= 11 is 0. The van der Waals surface area contributed by atoms with Gasteiger partial charge in [0.2, 0.25) is 0 Å². The molecule has 1 atom stereocenters. The maximum atomic E-state index is 5.37. The number of allylic oxidation sites excluding steroid dienone is 1. The molecule has 0 bridgehead atoms. The Morgan fingerprint density at radius 3 is 2.88 bits per heavy atom. The van der Waals surface area contributed by atoms with Crippen molar-refractivity contribution in [3.63, 3.8) is 0 Å². The van der Waals surface area contributed by atoms with Crippen molar-refractivity contribution in [1.82, 2.24) is 0 Å². The van der Waals surface area contributed by atoms with Crippen molar-refractivity contribution in [2.24, 2.45) is 0 Å². The Labute approximate surface area is 96.5 Å². The zero-order valence-corrected chi connectivity index (χ0v) is 9.63. The summed E-state index contributed by atoms with van der Waals surface area (Å²) in [5.74, 6) is 0. The van der Waals surface area contributed by atoms with Crippen LogP contribution in [0.1, 0.15) is 13.8 Å². The zero-order chi connectivity index (χ0) is 11.6. The van der Waals surface area contributed by atoms with E-state index in [-0.39, 0.29) is 6.10 Å². The third kappa shape index (κ3) is 5.18. The summed E-state index contributed by atoms with van der Waals surface area (Å²) in [5.41, 5.74) is 4.81. The first-order chi connectivity index (χ1) is 7.83. The highest BCUT2D eigenvalue weighted by atomic mass is 16.5. The number of ether oxygens (including phenoxy) is 1. The molecule has 0 aliphatic heterocycles. The Morgan fingerprint density at radius 1 is 1.44 bits per heavy atom. The van der Waals surface area contributed by atoms with Crippen LogP contribution in [0, 0.1) is 6.07 Å². The van der Waals surface area contributed by atoms with Crippen molar-refractivity contribution >= 4 is 5.69 Å². The molecule has 1 aromatic carbocycles. The molecule has 0 fully saturated rings. The molecule has 3 heteroatoms. The van der Waals surface area contributed by atoms with Gasteiger partial charge in [0.1, 0.15) is 0 Å². The second-order valence-corrected chi connectivity index (χ2v) is 3.21. The fourth-order valence-electron chi connectivity index (χ4n) is 0.996. The van der Waals surface area contributed by atoms with Gasteiger partial charge in [-0.3, -0.25) is 5.43 Å². The fraction of sp³-hybridized carbons (Fsp3) is 0.308. The van der Waals surface area contributed by atoms with Crippen LogP contribution >= 0.6 is 0 Å². The first-order valence-corrected chi connectivity index (χ1v) is 5.27. The molecule has 16 heavy (non-hydrogen) atoms. The number of nitrogens with zero attached hydrogens (tertiary/aromatic N) is 2. The van der Waals surface area contributed by atoms with Crippen LogP contribution in [-0.4, -0.2) is 12.7 Å². The Kier molecular flexibility index (Phi) is 5.75. The Hall–Kier alpha value is -1.79. The molecule has 3 nitrogen and oxygen atoms in total. The van der Waals surface area contributed by atoms with Crippen LogP contribution in [0.2, 0.25) is 0 Å². The van der Waals surface area contributed by atoms with Gasteiger partial charge in [-0.25, -0.2) is 0 Å². The van der Waals surface area contributed by atoms with Crippen molar-refractivity contribution in [3.05, 3.63) is 52.9 Å². The Morgan fingerprint density at radius 2 is 2.19 bits per heavy atom. The van der Waals surface area contributed by atoms with Crippen LogP contribution in [-0.2, 0) is 4.74 Å². The lowest BCUT2D eigenvalue weighted by molar-refractivity contribution is 0.129. The van der Waals surface area contributed by atoms with Gasteiger partial charge in [0.05, 0.1) is 6.61 Å².